The number of hydrogen-bond donors (Lipinski definition) is 0. The molecule has 2 rings (SSSR count). The molecule has 0 amide bonds. The zero-order valence-electron chi connectivity index (χ0n) is 10.9. The van der Waals surface area contributed by atoms with Gasteiger partial charge in [0.15, 0.2) is 0 Å². The molecule has 0 bridgehead atoms. The second-order valence-electron chi connectivity index (χ2n) is 4.90. The van der Waals surface area contributed by atoms with Gasteiger partial charge < -0.3 is 9.64 Å². The fourth-order valence-corrected chi connectivity index (χ4v) is 2.14. The van der Waals surface area contributed by atoms with Crippen LogP contribution in [0.15, 0.2) is 24.3 Å². The lowest BCUT2D eigenvalue weighted by molar-refractivity contribution is 0.149. The summed E-state index contributed by atoms with van der Waals surface area (Å²) < 4.78 is 5.65. The molecule has 0 atom stereocenters. The van der Waals surface area contributed by atoms with Gasteiger partial charge in [-0.25, -0.2) is 0 Å². The van der Waals surface area contributed by atoms with E-state index in [1.807, 2.05) is 12.1 Å². The maximum absolute atomic E-state index is 8.69. The van der Waals surface area contributed by atoms with E-state index in [-0.39, 0.29) is 0 Å². The average Bonchev–Trinajstić information content (AvgIpc) is 2.33. The van der Waals surface area contributed by atoms with Gasteiger partial charge in [-0.1, -0.05) is 6.42 Å². The SMILES string of the molecule is CN(CCCOc1ccc(C#N)cc1)C1CCC1. The van der Waals surface area contributed by atoms with Crippen LogP contribution in [-0.4, -0.2) is 31.1 Å². The van der Waals surface area contributed by atoms with Crippen LogP contribution in [-0.2, 0) is 0 Å². The predicted molar refractivity (Wildman–Crippen MR) is 71.5 cm³/mol. The Hall–Kier alpha value is -1.53. The Morgan fingerprint density at radius 3 is 2.61 bits per heavy atom. The molecule has 1 fully saturated rings. The molecule has 0 aromatic heterocycles. The van der Waals surface area contributed by atoms with Crippen molar-refractivity contribution in [1.82, 2.24) is 4.90 Å². The molecule has 0 unspecified atom stereocenters. The van der Waals surface area contributed by atoms with Crippen LogP contribution in [0.3, 0.4) is 0 Å². The van der Waals surface area contributed by atoms with Crippen LogP contribution in [0.5, 0.6) is 5.75 Å². The molecule has 1 aliphatic carbocycles. The van der Waals surface area contributed by atoms with Crippen LogP contribution in [0, 0.1) is 11.3 Å². The Morgan fingerprint density at radius 1 is 1.33 bits per heavy atom. The molecule has 96 valence electrons. The van der Waals surface area contributed by atoms with E-state index < -0.39 is 0 Å². The second kappa shape index (κ2) is 6.42. The summed E-state index contributed by atoms with van der Waals surface area (Å²) in [4.78, 5) is 2.44. The molecule has 1 aromatic rings. The van der Waals surface area contributed by atoms with Crippen LogP contribution in [0.2, 0.25) is 0 Å². The minimum absolute atomic E-state index is 0.673. The van der Waals surface area contributed by atoms with Gasteiger partial charge in [0, 0.05) is 12.6 Å². The second-order valence-corrected chi connectivity index (χ2v) is 4.90. The first-order valence-corrected chi connectivity index (χ1v) is 6.63. The van der Waals surface area contributed by atoms with E-state index in [0.29, 0.717) is 5.56 Å². The van der Waals surface area contributed by atoms with Crippen molar-refractivity contribution in [1.29, 1.82) is 5.26 Å². The van der Waals surface area contributed by atoms with Gasteiger partial charge in [-0.15, -0.1) is 0 Å². The average molecular weight is 244 g/mol. The van der Waals surface area contributed by atoms with Crippen molar-refractivity contribution in [2.45, 2.75) is 31.7 Å². The first-order valence-electron chi connectivity index (χ1n) is 6.63. The molecule has 18 heavy (non-hydrogen) atoms. The van der Waals surface area contributed by atoms with E-state index in [9.17, 15) is 0 Å². The zero-order chi connectivity index (χ0) is 12.8. The molecule has 0 aliphatic heterocycles. The molecule has 1 aliphatic rings. The van der Waals surface area contributed by atoms with Crippen molar-refractivity contribution in [3.8, 4) is 11.8 Å². The van der Waals surface area contributed by atoms with Crippen molar-refractivity contribution < 1.29 is 4.74 Å². The van der Waals surface area contributed by atoms with Crippen molar-refractivity contribution in [2.24, 2.45) is 0 Å². The fourth-order valence-electron chi connectivity index (χ4n) is 2.14. The van der Waals surface area contributed by atoms with Crippen LogP contribution in [0.25, 0.3) is 0 Å². The normalized spacial score (nSPS) is 15.2. The van der Waals surface area contributed by atoms with Crippen molar-refractivity contribution in [3.63, 3.8) is 0 Å². The molecular weight excluding hydrogens is 224 g/mol. The van der Waals surface area contributed by atoms with Crippen molar-refractivity contribution in [2.75, 3.05) is 20.2 Å². The Balaban J connectivity index is 1.63. The van der Waals surface area contributed by atoms with Gasteiger partial charge in [0.05, 0.1) is 18.2 Å². The lowest BCUT2D eigenvalue weighted by Crippen LogP contribution is -2.38. The van der Waals surface area contributed by atoms with Crippen molar-refractivity contribution >= 4 is 0 Å². The maximum atomic E-state index is 8.69. The van der Waals surface area contributed by atoms with E-state index in [4.69, 9.17) is 10.00 Å². The Labute approximate surface area is 109 Å². The summed E-state index contributed by atoms with van der Waals surface area (Å²) in [5.41, 5.74) is 0.673. The predicted octanol–water partition coefficient (Wildman–Crippen LogP) is 2.81. The van der Waals surface area contributed by atoms with Gasteiger partial charge in [-0.05, 0) is 50.6 Å². The van der Waals surface area contributed by atoms with Crippen LogP contribution >= 0.6 is 0 Å². The summed E-state index contributed by atoms with van der Waals surface area (Å²) in [6.45, 7) is 1.84. The summed E-state index contributed by atoms with van der Waals surface area (Å²) in [6, 6.07) is 10.2. The molecule has 0 radical (unpaired) electrons. The van der Waals surface area contributed by atoms with E-state index in [0.717, 1.165) is 31.4 Å². The number of ether oxygens (including phenoxy) is 1. The van der Waals surface area contributed by atoms with Gasteiger partial charge in [0.1, 0.15) is 5.75 Å². The largest absolute Gasteiger partial charge is 0.494 e. The molecule has 1 aromatic carbocycles. The fraction of sp³-hybridized carbons (Fsp3) is 0.533. The highest BCUT2D eigenvalue weighted by Crippen LogP contribution is 2.23. The Bertz CT molecular complexity index is 403. The number of nitrogens with zero attached hydrogens (tertiary/aromatic N) is 2. The third-order valence-corrected chi connectivity index (χ3v) is 3.61. The third kappa shape index (κ3) is 3.48. The number of benzene rings is 1. The Kier molecular flexibility index (Phi) is 4.60. The van der Waals surface area contributed by atoms with Gasteiger partial charge >= 0.3 is 0 Å². The Morgan fingerprint density at radius 2 is 2.06 bits per heavy atom. The minimum Gasteiger partial charge on any atom is -0.494 e. The summed E-state index contributed by atoms with van der Waals surface area (Å²) in [7, 11) is 2.20. The van der Waals surface area contributed by atoms with Gasteiger partial charge in [-0.2, -0.15) is 5.26 Å². The topological polar surface area (TPSA) is 36.3 Å². The summed E-state index contributed by atoms with van der Waals surface area (Å²) in [5, 5.41) is 8.69. The third-order valence-electron chi connectivity index (χ3n) is 3.61. The van der Waals surface area contributed by atoms with E-state index in [1.54, 1.807) is 12.1 Å². The maximum Gasteiger partial charge on any atom is 0.119 e. The quantitative estimate of drug-likeness (QED) is 0.722. The highest BCUT2D eigenvalue weighted by Gasteiger charge is 2.21. The number of hydrogen-bond acceptors (Lipinski definition) is 3. The molecule has 0 N–H and O–H groups in total. The summed E-state index contributed by atoms with van der Waals surface area (Å²) in [5.74, 6) is 0.847. The van der Waals surface area contributed by atoms with E-state index in [1.165, 1.54) is 19.3 Å². The monoisotopic (exact) mass is 244 g/mol. The molecule has 3 heteroatoms. The zero-order valence-corrected chi connectivity index (χ0v) is 10.9. The summed E-state index contributed by atoms with van der Waals surface area (Å²) in [6.07, 6.45) is 5.14. The van der Waals surface area contributed by atoms with Crippen LogP contribution in [0.1, 0.15) is 31.2 Å². The number of nitriles is 1. The molecule has 3 nitrogen and oxygen atoms in total. The first kappa shape index (κ1) is 12.9. The first-order chi connectivity index (χ1) is 8.79. The van der Waals surface area contributed by atoms with E-state index in [2.05, 4.69) is 18.0 Å². The lowest BCUT2D eigenvalue weighted by Gasteiger charge is -2.34. The minimum atomic E-state index is 0.673. The van der Waals surface area contributed by atoms with Gasteiger partial charge in [0.2, 0.25) is 0 Å². The van der Waals surface area contributed by atoms with Gasteiger partial charge in [0.25, 0.3) is 0 Å². The standard InChI is InChI=1S/C15H20N2O/c1-17(14-4-2-5-14)10-3-11-18-15-8-6-13(12-16)7-9-15/h6-9,14H,2-5,10-11H2,1H3. The molecule has 0 spiro atoms. The lowest BCUT2D eigenvalue weighted by atomic mass is 9.92. The van der Waals surface area contributed by atoms with Crippen molar-refractivity contribution in [3.05, 3.63) is 29.8 Å². The number of rotatable bonds is 6. The summed E-state index contributed by atoms with van der Waals surface area (Å²) >= 11 is 0. The molecular formula is C15H20N2O. The highest BCUT2D eigenvalue weighted by atomic mass is 16.5. The molecule has 0 saturated heterocycles. The van der Waals surface area contributed by atoms with Gasteiger partial charge in [-0.3, -0.25) is 0 Å². The van der Waals surface area contributed by atoms with E-state index >= 15 is 0 Å². The molecule has 0 heterocycles. The molecule has 1 saturated carbocycles. The van der Waals surface area contributed by atoms with Crippen LogP contribution in [0.4, 0.5) is 0 Å². The smallest absolute Gasteiger partial charge is 0.119 e. The highest BCUT2D eigenvalue weighted by molar-refractivity contribution is 5.34. The van der Waals surface area contributed by atoms with Crippen LogP contribution < -0.4 is 4.74 Å².